The van der Waals surface area contributed by atoms with E-state index in [4.69, 9.17) is 0 Å². The molecular weight excluding hydrogens is 138 g/mol. The number of ketones is 1. The van der Waals surface area contributed by atoms with E-state index in [1.807, 2.05) is 6.92 Å². The van der Waals surface area contributed by atoms with Crippen molar-refractivity contribution < 1.29 is 4.79 Å². The quantitative estimate of drug-likeness (QED) is 0.541. The van der Waals surface area contributed by atoms with Crippen molar-refractivity contribution in [2.75, 3.05) is 19.6 Å². The first-order valence-corrected chi connectivity index (χ1v) is 3.96. The van der Waals surface area contributed by atoms with Gasteiger partial charge in [0.05, 0.1) is 6.54 Å². The van der Waals surface area contributed by atoms with Gasteiger partial charge in [-0.1, -0.05) is 0 Å². The zero-order chi connectivity index (χ0) is 8.10. The number of likely N-dealkylation sites (tertiary alicyclic amines) is 1. The van der Waals surface area contributed by atoms with Gasteiger partial charge in [-0.3, -0.25) is 9.69 Å². The number of rotatable bonds is 2. The van der Waals surface area contributed by atoms with Crippen LogP contribution in [0.5, 0.6) is 0 Å². The second-order valence-electron chi connectivity index (χ2n) is 2.74. The maximum atomic E-state index is 10.8. The van der Waals surface area contributed by atoms with Gasteiger partial charge in [0, 0.05) is 25.9 Å². The minimum absolute atomic E-state index is 0.370. The van der Waals surface area contributed by atoms with Crippen LogP contribution >= 0.6 is 0 Å². The van der Waals surface area contributed by atoms with Gasteiger partial charge in [-0.15, -0.1) is 11.8 Å². The van der Waals surface area contributed by atoms with E-state index in [0.717, 1.165) is 25.9 Å². The maximum Gasteiger partial charge on any atom is 0.148 e. The predicted octanol–water partition coefficient (Wildman–Crippen LogP) is 0.675. The van der Waals surface area contributed by atoms with E-state index in [1.54, 1.807) is 0 Å². The summed E-state index contributed by atoms with van der Waals surface area (Å²) in [5.41, 5.74) is 0. The lowest BCUT2D eigenvalue weighted by Gasteiger charge is -2.09. The van der Waals surface area contributed by atoms with Crippen LogP contribution in [0.1, 0.15) is 19.8 Å². The highest BCUT2D eigenvalue weighted by molar-refractivity contribution is 5.82. The predicted molar refractivity (Wildman–Crippen MR) is 44.1 cm³/mol. The minimum atomic E-state index is 0.370. The van der Waals surface area contributed by atoms with E-state index < -0.39 is 0 Å². The maximum absolute atomic E-state index is 10.8. The summed E-state index contributed by atoms with van der Waals surface area (Å²) in [6.45, 7) is 4.37. The average molecular weight is 151 g/mol. The Balaban J connectivity index is 2.16. The first-order chi connectivity index (χ1) is 5.33. The van der Waals surface area contributed by atoms with Crippen LogP contribution in [0, 0.1) is 11.8 Å². The summed E-state index contributed by atoms with van der Waals surface area (Å²) in [6, 6.07) is 0. The average Bonchev–Trinajstić information content (AvgIpc) is 2.37. The normalized spacial score (nSPS) is 18.1. The van der Waals surface area contributed by atoms with Gasteiger partial charge in [0.15, 0.2) is 0 Å². The summed E-state index contributed by atoms with van der Waals surface area (Å²) in [7, 11) is 0. The molecule has 0 saturated carbocycles. The monoisotopic (exact) mass is 151 g/mol. The molecule has 0 radical (unpaired) electrons. The van der Waals surface area contributed by atoms with Crippen molar-refractivity contribution in [3.05, 3.63) is 0 Å². The molecule has 0 aromatic carbocycles. The van der Waals surface area contributed by atoms with Gasteiger partial charge in [-0.2, -0.15) is 0 Å². The molecule has 11 heavy (non-hydrogen) atoms. The first-order valence-electron chi connectivity index (χ1n) is 3.96. The Morgan fingerprint density at radius 1 is 1.64 bits per heavy atom. The molecule has 1 aliphatic heterocycles. The Kier molecular flexibility index (Phi) is 3.13. The molecule has 0 amide bonds. The highest BCUT2D eigenvalue weighted by Crippen LogP contribution is 2.03. The largest absolute Gasteiger partial charge is 0.298 e. The summed E-state index contributed by atoms with van der Waals surface area (Å²) in [5, 5.41) is 0. The van der Waals surface area contributed by atoms with E-state index >= 15 is 0 Å². The molecule has 1 fully saturated rings. The van der Waals surface area contributed by atoms with Crippen LogP contribution in [-0.4, -0.2) is 30.3 Å². The Morgan fingerprint density at radius 3 is 3.00 bits per heavy atom. The molecular formula is C9H13NO. The van der Waals surface area contributed by atoms with E-state index in [-0.39, 0.29) is 0 Å². The van der Waals surface area contributed by atoms with Gasteiger partial charge >= 0.3 is 0 Å². The molecule has 2 heteroatoms. The molecule has 1 saturated heterocycles. The van der Waals surface area contributed by atoms with Crippen molar-refractivity contribution >= 4 is 5.78 Å². The second kappa shape index (κ2) is 4.15. The molecule has 1 rings (SSSR count). The molecule has 0 bridgehead atoms. The molecule has 1 heterocycles. The van der Waals surface area contributed by atoms with Crippen molar-refractivity contribution in [1.82, 2.24) is 4.90 Å². The molecule has 1 aliphatic rings. The molecule has 0 unspecified atom stereocenters. The molecule has 0 aromatic heterocycles. The van der Waals surface area contributed by atoms with Crippen molar-refractivity contribution in [3.8, 4) is 11.8 Å². The third-order valence-corrected chi connectivity index (χ3v) is 1.84. The van der Waals surface area contributed by atoms with E-state index in [1.165, 1.54) is 0 Å². The Hall–Kier alpha value is -0.810. The Labute approximate surface area is 67.6 Å². The zero-order valence-corrected chi connectivity index (χ0v) is 6.89. The summed E-state index contributed by atoms with van der Waals surface area (Å²) in [6.07, 6.45) is 1.63. The van der Waals surface area contributed by atoms with Crippen LogP contribution in [0.3, 0.4) is 0 Å². The summed E-state index contributed by atoms with van der Waals surface area (Å²) in [5.74, 6) is 6.20. The highest BCUT2D eigenvalue weighted by atomic mass is 16.1. The number of nitrogens with zero attached hydrogens (tertiary/aromatic N) is 1. The van der Waals surface area contributed by atoms with E-state index in [9.17, 15) is 4.79 Å². The van der Waals surface area contributed by atoms with Crippen molar-refractivity contribution in [3.63, 3.8) is 0 Å². The van der Waals surface area contributed by atoms with Crippen LogP contribution in [0.2, 0.25) is 0 Å². The summed E-state index contributed by atoms with van der Waals surface area (Å²) in [4.78, 5) is 13.0. The lowest BCUT2D eigenvalue weighted by atomic mass is 10.4. The van der Waals surface area contributed by atoms with Crippen LogP contribution in [0.25, 0.3) is 0 Å². The van der Waals surface area contributed by atoms with Crippen LogP contribution in [-0.2, 0) is 4.79 Å². The second-order valence-corrected chi connectivity index (χ2v) is 2.74. The fourth-order valence-electron chi connectivity index (χ4n) is 1.22. The first kappa shape index (κ1) is 8.29. The van der Waals surface area contributed by atoms with Gasteiger partial charge in [-0.05, 0) is 6.92 Å². The third-order valence-electron chi connectivity index (χ3n) is 1.84. The van der Waals surface area contributed by atoms with Crippen molar-refractivity contribution in [2.24, 2.45) is 0 Å². The van der Waals surface area contributed by atoms with Gasteiger partial charge in [0.2, 0.25) is 0 Å². The van der Waals surface area contributed by atoms with Crippen LogP contribution < -0.4 is 0 Å². The van der Waals surface area contributed by atoms with Gasteiger partial charge < -0.3 is 0 Å². The standard InChI is InChI=1S/C9H13NO/c1-2-3-4-6-10-7-5-9(11)8-10/h4-8H2,1H3. The molecule has 0 spiro atoms. The Bertz CT molecular complexity index is 199. The van der Waals surface area contributed by atoms with E-state index in [2.05, 4.69) is 16.7 Å². The SMILES string of the molecule is CC#CCCN1CCC(=O)C1. The Morgan fingerprint density at radius 2 is 2.45 bits per heavy atom. The zero-order valence-electron chi connectivity index (χ0n) is 6.89. The number of carbonyl (C=O) groups excluding carboxylic acids is 1. The van der Waals surface area contributed by atoms with Crippen LogP contribution in [0.15, 0.2) is 0 Å². The third kappa shape index (κ3) is 2.73. The molecule has 0 N–H and O–H groups in total. The number of Topliss-reactive ketones (excluding diaryl/α,β-unsaturated/α-hetero) is 1. The lowest BCUT2D eigenvalue weighted by molar-refractivity contribution is -0.116. The molecule has 0 aromatic rings. The smallest absolute Gasteiger partial charge is 0.148 e. The van der Waals surface area contributed by atoms with Gasteiger partial charge in [0.1, 0.15) is 5.78 Å². The molecule has 0 aliphatic carbocycles. The number of carbonyl (C=O) groups is 1. The molecule has 2 nitrogen and oxygen atoms in total. The van der Waals surface area contributed by atoms with Crippen LogP contribution in [0.4, 0.5) is 0 Å². The van der Waals surface area contributed by atoms with Gasteiger partial charge in [-0.25, -0.2) is 0 Å². The number of hydrogen-bond donors (Lipinski definition) is 0. The van der Waals surface area contributed by atoms with E-state index in [0.29, 0.717) is 12.3 Å². The number of hydrogen-bond acceptors (Lipinski definition) is 2. The summed E-state index contributed by atoms with van der Waals surface area (Å²) >= 11 is 0. The summed E-state index contributed by atoms with van der Waals surface area (Å²) < 4.78 is 0. The lowest BCUT2D eigenvalue weighted by Crippen LogP contribution is -2.21. The van der Waals surface area contributed by atoms with Gasteiger partial charge in [0.25, 0.3) is 0 Å². The minimum Gasteiger partial charge on any atom is -0.298 e. The fourth-order valence-corrected chi connectivity index (χ4v) is 1.22. The van der Waals surface area contributed by atoms with Crippen molar-refractivity contribution in [1.29, 1.82) is 0 Å². The fraction of sp³-hybridized carbons (Fsp3) is 0.667. The molecule has 0 atom stereocenters. The van der Waals surface area contributed by atoms with Crippen molar-refractivity contribution in [2.45, 2.75) is 19.8 Å². The molecule has 60 valence electrons. The topological polar surface area (TPSA) is 20.3 Å². The highest BCUT2D eigenvalue weighted by Gasteiger charge is 2.17.